The van der Waals surface area contributed by atoms with Gasteiger partial charge in [-0.25, -0.2) is 21.6 Å². The van der Waals surface area contributed by atoms with Gasteiger partial charge in [0.1, 0.15) is 5.75 Å². The van der Waals surface area contributed by atoms with Gasteiger partial charge in [-0.3, -0.25) is 4.72 Å². The highest BCUT2D eigenvalue weighted by atomic mass is 35.5. The summed E-state index contributed by atoms with van der Waals surface area (Å²) in [6.45, 7) is 0. The van der Waals surface area contributed by atoms with Crippen molar-refractivity contribution in [3.8, 4) is 5.75 Å². The minimum absolute atomic E-state index is 0.0242. The number of halogens is 4. The Morgan fingerprint density at radius 2 is 1.77 bits per heavy atom. The first kappa shape index (κ1) is 16.4. The molecule has 2 aromatic rings. The number of rotatable bonds is 4. The number of ether oxygens (including phenoxy) is 1. The van der Waals surface area contributed by atoms with E-state index in [2.05, 4.69) is 0 Å². The van der Waals surface area contributed by atoms with Gasteiger partial charge in [-0.05, 0) is 30.3 Å². The van der Waals surface area contributed by atoms with E-state index in [1.165, 1.54) is 19.2 Å². The molecule has 0 saturated heterocycles. The first-order chi connectivity index (χ1) is 10.3. The largest absolute Gasteiger partial charge is 0.495 e. The van der Waals surface area contributed by atoms with E-state index >= 15 is 0 Å². The second-order valence-electron chi connectivity index (χ2n) is 4.12. The third-order valence-corrected chi connectivity index (χ3v) is 4.37. The van der Waals surface area contributed by atoms with E-state index in [1.54, 1.807) is 0 Å². The molecular weight excluding hydrogens is 343 g/mol. The Kier molecular flexibility index (Phi) is 4.52. The van der Waals surface area contributed by atoms with Gasteiger partial charge < -0.3 is 4.74 Å². The Balaban J connectivity index is 2.40. The molecule has 4 nitrogen and oxygen atoms in total. The minimum Gasteiger partial charge on any atom is -0.495 e. The van der Waals surface area contributed by atoms with Gasteiger partial charge in [-0.15, -0.1) is 0 Å². The molecule has 0 radical (unpaired) electrons. The topological polar surface area (TPSA) is 55.4 Å². The summed E-state index contributed by atoms with van der Waals surface area (Å²) in [5.74, 6) is -4.58. The highest BCUT2D eigenvalue weighted by Crippen LogP contribution is 2.28. The van der Waals surface area contributed by atoms with Crippen molar-refractivity contribution in [1.82, 2.24) is 0 Å². The molecule has 22 heavy (non-hydrogen) atoms. The quantitative estimate of drug-likeness (QED) is 0.857. The van der Waals surface area contributed by atoms with Gasteiger partial charge >= 0.3 is 0 Å². The number of nitrogens with one attached hydrogen (secondary N) is 1. The summed E-state index contributed by atoms with van der Waals surface area (Å²) >= 11 is 5.81. The maximum atomic E-state index is 13.5. The van der Waals surface area contributed by atoms with E-state index in [0.29, 0.717) is 6.07 Å². The summed E-state index contributed by atoms with van der Waals surface area (Å²) in [6.07, 6.45) is 0. The fourth-order valence-electron chi connectivity index (χ4n) is 1.62. The van der Waals surface area contributed by atoms with Crippen LogP contribution in [0.4, 0.5) is 18.9 Å². The molecule has 0 amide bonds. The van der Waals surface area contributed by atoms with Crippen LogP contribution in [0.5, 0.6) is 5.75 Å². The van der Waals surface area contributed by atoms with E-state index in [4.69, 9.17) is 16.3 Å². The molecule has 2 rings (SSSR count). The molecule has 0 aliphatic carbocycles. The smallest absolute Gasteiger partial charge is 0.262 e. The monoisotopic (exact) mass is 351 g/mol. The van der Waals surface area contributed by atoms with Crippen LogP contribution >= 0.6 is 11.6 Å². The average Bonchev–Trinajstić information content (AvgIpc) is 2.48. The standard InChI is InChI=1S/C13H9ClF3NO3S/c1-21-11-5-2-7(6-8(11)14)22(19,20)18-10-4-3-9(15)12(16)13(10)17/h2-6,18H,1H3. The maximum Gasteiger partial charge on any atom is 0.262 e. The van der Waals surface area contributed by atoms with Crippen LogP contribution in [0, 0.1) is 17.5 Å². The van der Waals surface area contributed by atoms with Crippen molar-refractivity contribution in [2.24, 2.45) is 0 Å². The van der Waals surface area contributed by atoms with Crippen LogP contribution in [0.2, 0.25) is 5.02 Å². The number of anilines is 1. The zero-order valence-electron chi connectivity index (χ0n) is 11.0. The second-order valence-corrected chi connectivity index (χ2v) is 6.21. The Morgan fingerprint density at radius 3 is 2.36 bits per heavy atom. The van der Waals surface area contributed by atoms with Crippen molar-refractivity contribution in [3.63, 3.8) is 0 Å². The minimum atomic E-state index is -4.23. The fourth-order valence-corrected chi connectivity index (χ4v) is 3.03. The summed E-state index contributed by atoms with van der Waals surface area (Å²) in [7, 11) is -2.88. The highest BCUT2D eigenvalue weighted by molar-refractivity contribution is 7.92. The van der Waals surface area contributed by atoms with E-state index in [0.717, 1.165) is 12.1 Å². The number of benzene rings is 2. The van der Waals surface area contributed by atoms with E-state index < -0.39 is 33.2 Å². The second kappa shape index (κ2) is 6.05. The van der Waals surface area contributed by atoms with Gasteiger partial charge in [-0.2, -0.15) is 0 Å². The lowest BCUT2D eigenvalue weighted by molar-refractivity contribution is 0.414. The Hall–Kier alpha value is -1.93. The molecule has 0 aliphatic rings. The van der Waals surface area contributed by atoms with Gasteiger partial charge in [0.05, 0.1) is 22.7 Å². The molecule has 0 saturated carbocycles. The summed E-state index contributed by atoms with van der Waals surface area (Å²) in [5.41, 5.74) is -0.717. The van der Waals surface area contributed by atoms with Crippen LogP contribution in [0.15, 0.2) is 35.2 Å². The summed E-state index contributed by atoms with van der Waals surface area (Å²) < 4.78 is 70.4. The summed E-state index contributed by atoms with van der Waals surface area (Å²) in [5, 5.41) is 0.0242. The molecule has 0 spiro atoms. The SMILES string of the molecule is COc1ccc(S(=O)(=O)Nc2ccc(F)c(F)c2F)cc1Cl. The molecule has 0 bridgehead atoms. The van der Waals surface area contributed by atoms with Crippen molar-refractivity contribution in [1.29, 1.82) is 0 Å². The molecule has 1 N–H and O–H groups in total. The number of sulfonamides is 1. The Morgan fingerprint density at radius 1 is 1.09 bits per heavy atom. The first-order valence-corrected chi connectivity index (χ1v) is 7.62. The Labute approximate surface area is 129 Å². The van der Waals surface area contributed by atoms with Gasteiger partial charge in [0, 0.05) is 0 Å². The van der Waals surface area contributed by atoms with Crippen molar-refractivity contribution < 1.29 is 26.3 Å². The van der Waals surface area contributed by atoms with Crippen LogP contribution in [-0.2, 0) is 10.0 Å². The fraction of sp³-hybridized carbons (Fsp3) is 0.0769. The van der Waals surface area contributed by atoms with E-state index in [-0.39, 0.29) is 15.7 Å². The Bertz CT molecular complexity index is 828. The van der Waals surface area contributed by atoms with E-state index in [9.17, 15) is 21.6 Å². The number of hydrogen-bond donors (Lipinski definition) is 1. The normalized spacial score (nSPS) is 11.3. The van der Waals surface area contributed by atoms with Crippen molar-refractivity contribution >= 4 is 27.3 Å². The molecule has 9 heteroatoms. The lowest BCUT2D eigenvalue weighted by atomic mass is 10.3. The number of methoxy groups -OCH3 is 1. The third-order valence-electron chi connectivity index (χ3n) is 2.71. The third kappa shape index (κ3) is 3.12. The molecule has 0 heterocycles. The van der Waals surface area contributed by atoms with Crippen LogP contribution in [0.1, 0.15) is 0 Å². The zero-order valence-corrected chi connectivity index (χ0v) is 12.6. The predicted molar refractivity (Wildman–Crippen MR) is 75.1 cm³/mol. The molecule has 0 aromatic heterocycles. The van der Waals surface area contributed by atoms with Crippen molar-refractivity contribution in [2.45, 2.75) is 4.90 Å². The van der Waals surface area contributed by atoms with Gasteiger partial charge in [0.15, 0.2) is 17.5 Å². The van der Waals surface area contributed by atoms with Crippen LogP contribution in [-0.4, -0.2) is 15.5 Å². The first-order valence-electron chi connectivity index (χ1n) is 5.76. The zero-order chi connectivity index (χ0) is 16.5. The van der Waals surface area contributed by atoms with Crippen LogP contribution < -0.4 is 9.46 Å². The van der Waals surface area contributed by atoms with Crippen LogP contribution in [0.3, 0.4) is 0 Å². The maximum absolute atomic E-state index is 13.5. The molecular formula is C13H9ClF3NO3S. The lowest BCUT2D eigenvalue weighted by Crippen LogP contribution is -2.14. The molecule has 118 valence electrons. The molecule has 0 unspecified atom stereocenters. The predicted octanol–water partition coefficient (Wildman–Crippen LogP) is 3.57. The summed E-state index contributed by atoms with van der Waals surface area (Å²) in [4.78, 5) is -0.289. The highest BCUT2D eigenvalue weighted by Gasteiger charge is 2.21. The number of hydrogen-bond acceptors (Lipinski definition) is 3. The van der Waals surface area contributed by atoms with E-state index in [1.807, 2.05) is 4.72 Å². The van der Waals surface area contributed by atoms with Crippen molar-refractivity contribution in [2.75, 3.05) is 11.8 Å². The van der Waals surface area contributed by atoms with Gasteiger partial charge in [-0.1, -0.05) is 11.6 Å². The van der Waals surface area contributed by atoms with Crippen molar-refractivity contribution in [3.05, 3.63) is 52.8 Å². The summed E-state index contributed by atoms with van der Waals surface area (Å²) in [6, 6.07) is 4.94. The molecule has 0 fully saturated rings. The van der Waals surface area contributed by atoms with Crippen LogP contribution in [0.25, 0.3) is 0 Å². The molecule has 0 atom stereocenters. The van der Waals surface area contributed by atoms with Gasteiger partial charge in [0.2, 0.25) is 0 Å². The molecule has 2 aromatic carbocycles. The molecule has 0 aliphatic heterocycles. The van der Waals surface area contributed by atoms with Gasteiger partial charge in [0.25, 0.3) is 10.0 Å². The average molecular weight is 352 g/mol. The lowest BCUT2D eigenvalue weighted by Gasteiger charge is -2.11.